The maximum absolute atomic E-state index is 13.1. The van der Waals surface area contributed by atoms with E-state index in [1.54, 1.807) is 25.3 Å². The van der Waals surface area contributed by atoms with E-state index < -0.39 is 0 Å². The van der Waals surface area contributed by atoms with Crippen molar-refractivity contribution in [2.75, 3.05) is 56.7 Å². The van der Waals surface area contributed by atoms with E-state index in [-0.39, 0.29) is 22.6 Å². The van der Waals surface area contributed by atoms with Gasteiger partial charge in [0.15, 0.2) is 0 Å². The molecule has 0 aromatic heterocycles. The van der Waals surface area contributed by atoms with Gasteiger partial charge in [-0.1, -0.05) is 12.1 Å². The highest BCUT2D eigenvalue weighted by Crippen LogP contribution is 2.31. The molecular formula is C24H30N4O5. The van der Waals surface area contributed by atoms with Crippen LogP contribution >= 0.6 is 0 Å². The highest BCUT2D eigenvalue weighted by molar-refractivity contribution is 5.97. The fourth-order valence-electron chi connectivity index (χ4n) is 4.48. The molecule has 2 fully saturated rings. The quantitative estimate of drug-likeness (QED) is 0.505. The van der Waals surface area contributed by atoms with Gasteiger partial charge in [0.1, 0.15) is 11.4 Å². The Hall–Kier alpha value is -3.33. The van der Waals surface area contributed by atoms with E-state index in [0.29, 0.717) is 49.7 Å². The Balaban J connectivity index is 1.43. The number of benzene rings is 2. The van der Waals surface area contributed by atoms with Gasteiger partial charge in [0.05, 0.1) is 23.7 Å². The van der Waals surface area contributed by atoms with Gasteiger partial charge in [-0.3, -0.25) is 14.9 Å². The van der Waals surface area contributed by atoms with Crippen LogP contribution in [-0.2, 0) is 4.74 Å². The number of piperazine rings is 1. The van der Waals surface area contributed by atoms with E-state index in [1.165, 1.54) is 0 Å². The van der Waals surface area contributed by atoms with Gasteiger partial charge in [0.2, 0.25) is 0 Å². The first kappa shape index (κ1) is 22.8. The second-order valence-corrected chi connectivity index (χ2v) is 8.41. The van der Waals surface area contributed by atoms with E-state index in [1.807, 2.05) is 30.0 Å². The molecule has 1 amide bonds. The van der Waals surface area contributed by atoms with Crippen LogP contribution in [0.3, 0.4) is 0 Å². The minimum Gasteiger partial charge on any atom is -0.496 e. The van der Waals surface area contributed by atoms with Crippen molar-refractivity contribution in [3.8, 4) is 5.75 Å². The van der Waals surface area contributed by atoms with Crippen LogP contribution in [0, 0.1) is 17.0 Å². The zero-order chi connectivity index (χ0) is 23.4. The summed E-state index contributed by atoms with van der Waals surface area (Å²) in [5.74, 6) is 0.570. The van der Waals surface area contributed by atoms with E-state index in [4.69, 9.17) is 9.47 Å². The molecule has 1 atom stereocenters. The van der Waals surface area contributed by atoms with Crippen molar-refractivity contribution in [1.29, 1.82) is 0 Å². The Morgan fingerprint density at radius 1 is 1.24 bits per heavy atom. The lowest BCUT2D eigenvalue weighted by Crippen LogP contribution is -2.48. The number of aryl methyl sites for hydroxylation is 1. The summed E-state index contributed by atoms with van der Waals surface area (Å²) in [5.41, 5.74) is 2.95. The molecule has 0 aliphatic carbocycles. The third kappa shape index (κ3) is 5.03. The summed E-state index contributed by atoms with van der Waals surface area (Å²) in [6.07, 6.45) is 2.06. The Kier molecular flexibility index (Phi) is 6.98. The molecule has 2 saturated heterocycles. The summed E-state index contributed by atoms with van der Waals surface area (Å²) in [7, 11) is 1.58. The number of nitro benzene ring substituents is 1. The number of carbonyl (C=O) groups excluding carboxylic acids is 1. The van der Waals surface area contributed by atoms with Crippen molar-refractivity contribution >= 4 is 23.0 Å². The molecule has 1 unspecified atom stereocenters. The molecule has 2 aromatic rings. The van der Waals surface area contributed by atoms with Gasteiger partial charge < -0.3 is 24.6 Å². The summed E-state index contributed by atoms with van der Waals surface area (Å²) < 4.78 is 11.1. The molecule has 0 saturated carbocycles. The van der Waals surface area contributed by atoms with Crippen molar-refractivity contribution in [3.05, 3.63) is 57.6 Å². The fourth-order valence-corrected chi connectivity index (χ4v) is 4.48. The number of hydrogen-bond donors (Lipinski definition) is 1. The summed E-state index contributed by atoms with van der Waals surface area (Å²) >= 11 is 0. The zero-order valence-corrected chi connectivity index (χ0v) is 19.1. The van der Waals surface area contributed by atoms with Gasteiger partial charge >= 0.3 is 0 Å². The lowest BCUT2D eigenvalue weighted by Gasteiger charge is -2.36. The summed E-state index contributed by atoms with van der Waals surface area (Å²) in [5, 5.41) is 14.7. The summed E-state index contributed by atoms with van der Waals surface area (Å²) in [4.78, 5) is 28.2. The van der Waals surface area contributed by atoms with Crippen molar-refractivity contribution in [3.63, 3.8) is 0 Å². The standard InChI is InChI=1S/C24H30N4O5/c1-17-5-3-7-20(23(17)32-2)24(29)27-12-10-26(11-13-27)18-8-9-22(28(30)31)21(15-18)25-16-19-6-4-14-33-19/h3,5,7-9,15,19,25H,4,6,10-14,16H2,1-2H3. The molecule has 0 spiro atoms. The van der Waals surface area contributed by atoms with Crippen molar-refractivity contribution < 1.29 is 19.2 Å². The van der Waals surface area contributed by atoms with Crippen LogP contribution in [0.4, 0.5) is 17.1 Å². The van der Waals surface area contributed by atoms with Crippen LogP contribution in [0.1, 0.15) is 28.8 Å². The number of nitro groups is 1. The smallest absolute Gasteiger partial charge is 0.292 e. The molecule has 4 rings (SSSR count). The summed E-state index contributed by atoms with van der Waals surface area (Å²) in [6.45, 7) is 5.62. The van der Waals surface area contributed by atoms with E-state index in [9.17, 15) is 14.9 Å². The number of methoxy groups -OCH3 is 1. The van der Waals surface area contributed by atoms with Gasteiger partial charge in [-0.25, -0.2) is 0 Å². The Labute approximate surface area is 193 Å². The topological polar surface area (TPSA) is 97.2 Å². The van der Waals surface area contributed by atoms with Gasteiger partial charge in [0.25, 0.3) is 11.6 Å². The lowest BCUT2D eigenvalue weighted by atomic mass is 10.1. The first-order valence-corrected chi connectivity index (χ1v) is 11.3. The Morgan fingerprint density at radius 3 is 2.70 bits per heavy atom. The van der Waals surface area contributed by atoms with Crippen molar-refractivity contribution in [2.45, 2.75) is 25.9 Å². The number of ether oxygens (including phenoxy) is 2. The van der Waals surface area contributed by atoms with Crippen molar-refractivity contribution in [1.82, 2.24) is 4.90 Å². The molecule has 33 heavy (non-hydrogen) atoms. The van der Waals surface area contributed by atoms with Crippen LogP contribution in [0.5, 0.6) is 5.75 Å². The van der Waals surface area contributed by atoms with Gasteiger partial charge in [-0.2, -0.15) is 0 Å². The molecule has 0 radical (unpaired) electrons. The second-order valence-electron chi connectivity index (χ2n) is 8.41. The molecule has 176 valence electrons. The number of amides is 1. The van der Waals surface area contributed by atoms with E-state index >= 15 is 0 Å². The van der Waals surface area contributed by atoms with Gasteiger partial charge in [-0.05, 0) is 43.5 Å². The average Bonchev–Trinajstić information content (AvgIpc) is 3.35. The normalized spacial score (nSPS) is 18.3. The number of hydrogen-bond acceptors (Lipinski definition) is 7. The average molecular weight is 455 g/mol. The van der Waals surface area contributed by atoms with Gasteiger partial charge in [-0.15, -0.1) is 0 Å². The second kappa shape index (κ2) is 10.1. The first-order valence-electron chi connectivity index (χ1n) is 11.3. The SMILES string of the molecule is COc1c(C)cccc1C(=O)N1CCN(c2ccc([N+](=O)[O-])c(NCC3CCCO3)c2)CC1. The number of nitrogens with one attached hydrogen (secondary N) is 1. The molecule has 2 aliphatic rings. The maximum Gasteiger partial charge on any atom is 0.292 e. The summed E-state index contributed by atoms with van der Waals surface area (Å²) in [6, 6.07) is 10.7. The van der Waals surface area contributed by atoms with E-state index in [0.717, 1.165) is 30.7 Å². The highest BCUT2D eigenvalue weighted by Gasteiger charge is 2.26. The van der Waals surface area contributed by atoms with Crippen LogP contribution in [-0.4, -0.2) is 68.3 Å². The monoisotopic (exact) mass is 454 g/mol. The number of carbonyl (C=O) groups is 1. The minimum atomic E-state index is -0.368. The largest absolute Gasteiger partial charge is 0.496 e. The third-order valence-electron chi connectivity index (χ3n) is 6.30. The zero-order valence-electron chi connectivity index (χ0n) is 19.1. The van der Waals surface area contributed by atoms with Gasteiger partial charge in [0, 0.05) is 51.1 Å². The molecule has 1 N–H and O–H groups in total. The number of rotatable bonds is 7. The molecular weight excluding hydrogens is 424 g/mol. The number of anilines is 2. The first-order chi connectivity index (χ1) is 16.0. The molecule has 2 aromatic carbocycles. The van der Waals surface area contributed by atoms with Crippen LogP contribution in [0.25, 0.3) is 0 Å². The predicted molar refractivity (Wildman–Crippen MR) is 126 cm³/mol. The van der Waals surface area contributed by atoms with Crippen LogP contribution in [0.2, 0.25) is 0 Å². The fraction of sp³-hybridized carbons (Fsp3) is 0.458. The third-order valence-corrected chi connectivity index (χ3v) is 6.30. The van der Waals surface area contributed by atoms with Crippen LogP contribution < -0.4 is 15.0 Å². The van der Waals surface area contributed by atoms with E-state index in [2.05, 4.69) is 10.2 Å². The van der Waals surface area contributed by atoms with Crippen molar-refractivity contribution in [2.24, 2.45) is 0 Å². The number of para-hydroxylation sites is 1. The predicted octanol–water partition coefficient (Wildman–Crippen LogP) is 3.47. The molecule has 0 bridgehead atoms. The minimum absolute atomic E-state index is 0.0437. The molecule has 2 aliphatic heterocycles. The Morgan fingerprint density at radius 2 is 2.03 bits per heavy atom. The Bertz CT molecular complexity index is 1010. The molecule has 9 heteroatoms. The number of nitrogens with zero attached hydrogens (tertiary/aromatic N) is 3. The lowest BCUT2D eigenvalue weighted by molar-refractivity contribution is -0.383. The van der Waals surface area contributed by atoms with Crippen LogP contribution in [0.15, 0.2) is 36.4 Å². The molecule has 9 nitrogen and oxygen atoms in total. The highest BCUT2D eigenvalue weighted by atomic mass is 16.6. The maximum atomic E-state index is 13.1. The molecule has 2 heterocycles.